The van der Waals surface area contributed by atoms with Crippen molar-refractivity contribution in [2.45, 2.75) is 59.2 Å². The number of anilines is 1. The maximum atomic E-state index is 13.7. The summed E-state index contributed by atoms with van der Waals surface area (Å²) in [6.07, 6.45) is -0.680. The van der Waals surface area contributed by atoms with Gasteiger partial charge in [0.15, 0.2) is 0 Å². The number of ether oxygens (including phenoxy) is 1. The molecule has 0 aliphatic heterocycles. The molecule has 0 aromatic heterocycles. The Morgan fingerprint density at radius 3 is 2.11 bits per heavy atom. The van der Waals surface area contributed by atoms with Gasteiger partial charge in [-0.25, -0.2) is 4.79 Å². The van der Waals surface area contributed by atoms with Gasteiger partial charge in [-0.2, -0.15) is 0 Å². The fraction of sp³-hybridized carbons (Fsp3) is 0.367. The number of hydrogen-bond donors (Lipinski definition) is 2. The smallest absolute Gasteiger partial charge is 0.408 e. The lowest BCUT2D eigenvalue weighted by atomic mass is 9.99. The van der Waals surface area contributed by atoms with E-state index in [1.165, 1.54) is 4.90 Å². The fourth-order valence-corrected chi connectivity index (χ4v) is 4.07. The van der Waals surface area contributed by atoms with E-state index < -0.39 is 23.8 Å². The van der Waals surface area contributed by atoms with E-state index in [2.05, 4.69) is 10.6 Å². The molecule has 2 unspecified atom stereocenters. The van der Waals surface area contributed by atoms with Gasteiger partial charge >= 0.3 is 6.09 Å². The normalized spacial score (nSPS) is 13.1. The third-order valence-electron chi connectivity index (χ3n) is 6.00. The van der Waals surface area contributed by atoms with Crippen molar-refractivity contribution < 1.29 is 19.1 Å². The minimum Gasteiger partial charge on any atom is -0.444 e. The summed E-state index contributed by atoms with van der Waals surface area (Å²) in [4.78, 5) is 41.2. The average Bonchev–Trinajstić information content (AvgIpc) is 2.82. The second-order valence-corrected chi connectivity index (χ2v) is 10.7. The molecule has 37 heavy (non-hydrogen) atoms. The third kappa shape index (κ3) is 7.32. The molecule has 0 aliphatic carbocycles. The van der Waals surface area contributed by atoms with Crippen molar-refractivity contribution in [1.29, 1.82) is 0 Å². The number of amides is 3. The van der Waals surface area contributed by atoms with Crippen molar-refractivity contribution in [3.63, 3.8) is 0 Å². The summed E-state index contributed by atoms with van der Waals surface area (Å²) in [6, 6.07) is 19.3. The summed E-state index contributed by atoms with van der Waals surface area (Å²) in [6.45, 7) is 10.9. The van der Waals surface area contributed by atoms with E-state index >= 15 is 0 Å². The summed E-state index contributed by atoms with van der Waals surface area (Å²) in [5.74, 6) is -0.973. The quantitative estimate of drug-likeness (QED) is 0.424. The molecular formula is C30H37N3O4. The molecule has 0 saturated heterocycles. The SMILES string of the molecule is Cc1ccc(C(C(=O)Nc2ccc3ccccc3c2)N(C)C(=O)C(NC(=O)OC(C)(C)C)C(C)C)cc1. The van der Waals surface area contributed by atoms with E-state index in [4.69, 9.17) is 4.74 Å². The van der Waals surface area contributed by atoms with E-state index in [-0.39, 0.29) is 17.7 Å². The summed E-state index contributed by atoms with van der Waals surface area (Å²) in [5, 5.41) is 7.74. The van der Waals surface area contributed by atoms with Crippen LogP contribution in [0.3, 0.4) is 0 Å². The van der Waals surface area contributed by atoms with Gasteiger partial charge in [0.05, 0.1) is 0 Å². The number of benzene rings is 3. The van der Waals surface area contributed by atoms with Gasteiger partial charge in [-0.05, 0) is 62.1 Å². The number of carbonyl (C=O) groups excluding carboxylic acids is 3. The van der Waals surface area contributed by atoms with Crippen LogP contribution in [-0.2, 0) is 14.3 Å². The van der Waals surface area contributed by atoms with Crippen LogP contribution in [0, 0.1) is 12.8 Å². The Hall–Kier alpha value is -3.87. The molecule has 3 aromatic carbocycles. The molecule has 0 bridgehead atoms. The van der Waals surface area contributed by atoms with Crippen LogP contribution < -0.4 is 10.6 Å². The highest BCUT2D eigenvalue weighted by Gasteiger charge is 2.35. The van der Waals surface area contributed by atoms with Crippen LogP contribution in [0.5, 0.6) is 0 Å². The van der Waals surface area contributed by atoms with Crippen LogP contribution in [0.15, 0.2) is 66.7 Å². The lowest BCUT2D eigenvalue weighted by Crippen LogP contribution is -2.53. The van der Waals surface area contributed by atoms with Crippen molar-refractivity contribution in [3.05, 3.63) is 77.9 Å². The van der Waals surface area contributed by atoms with Crippen molar-refractivity contribution >= 4 is 34.4 Å². The number of nitrogens with one attached hydrogen (secondary N) is 2. The second-order valence-electron chi connectivity index (χ2n) is 10.7. The van der Waals surface area contributed by atoms with Crippen molar-refractivity contribution in [2.24, 2.45) is 5.92 Å². The highest BCUT2D eigenvalue weighted by Crippen LogP contribution is 2.26. The molecule has 0 saturated carbocycles. The molecule has 3 amide bonds. The largest absolute Gasteiger partial charge is 0.444 e. The second kappa shape index (κ2) is 11.5. The van der Waals surface area contributed by atoms with Crippen molar-refractivity contribution in [3.8, 4) is 0 Å². The Balaban J connectivity index is 1.90. The van der Waals surface area contributed by atoms with E-state index in [0.717, 1.165) is 16.3 Å². The average molecular weight is 504 g/mol. The van der Waals surface area contributed by atoms with Gasteiger partial charge in [0, 0.05) is 12.7 Å². The highest BCUT2D eigenvalue weighted by molar-refractivity contribution is 6.00. The van der Waals surface area contributed by atoms with Crippen LogP contribution in [-0.4, -0.2) is 41.5 Å². The Morgan fingerprint density at radius 1 is 0.892 bits per heavy atom. The molecule has 2 N–H and O–H groups in total. The maximum absolute atomic E-state index is 13.7. The number of carbonyl (C=O) groups is 3. The van der Waals surface area contributed by atoms with Crippen LogP contribution in [0.4, 0.5) is 10.5 Å². The van der Waals surface area contributed by atoms with Gasteiger partial charge in [0.1, 0.15) is 17.7 Å². The molecule has 2 atom stereocenters. The van der Waals surface area contributed by atoms with E-state index in [0.29, 0.717) is 11.3 Å². The van der Waals surface area contributed by atoms with Gasteiger partial charge in [-0.15, -0.1) is 0 Å². The maximum Gasteiger partial charge on any atom is 0.408 e. The lowest BCUT2D eigenvalue weighted by molar-refractivity contribution is -0.140. The van der Waals surface area contributed by atoms with Crippen molar-refractivity contribution in [1.82, 2.24) is 10.2 Å². The monoisotopic (exact) mass is 503 g/mol. The minimum atomic E-state index is -0.916. The lowest BCUT2D eigenvalue weighted by Gasteiger charge is -2.33. The number of rotatable bonds is 7. The first-order chi connectivity index (χ1) is 17.4. The third-order valence-corrected chi connectivity index (χ3v) is 6.00. The molecule has 0 heterocycles. The minimum absolute atomic E-state index is 0.232. The first-order valence-corrected chi connectivity index (χ1v) is 12.5. The Morgan fingerprint density at radius 2 is 1.51 bits per heavy atom. The van der Waals surface area contributed by atoms with Gasteiger partial charge in [0.25, 0.3) is 5.91 Å². The predicted octanol–water partition coefficient (Wildman–Crippen LogP) is 5.84. The highest BCUT2D eigenvalue weighted by atomic mass is 16.6. The Bertz CT molecular complexity index is 1260. The Labute approximate surface area is 219 Å². The van der Waals surface area contributed by atoms with Gasteiger partial charge in [-0.3, -0.25) is 9.59 Å². The summed E-state index contributed by atoms with van der Waals surface area (Å²) in [5.41, 5.74) is 1.64. The summed E-state index contributed by atoms with van der Waals surface area (Å²) < 4.78 is 5.37. The number of alkyl carbamates (subject to hydrolysis) is 1. The van der Waals surface area contributed by atoms with Gasteiger partial charge < -0.3 is 20.3 Å². The van der Waals surface area contributed by atoms with Crippen LogP contribution >= 0.6 is 0 Å². The van der Waals surface area contributed by atoms with Crippen molar-refractivity contribution in [2.75, 3.05) is 12.4 Å². The van der Waals surface area contributed by atoms with E-state index in [9.17, 15) is 14.4 Å². The zero-order valence-electron chi connectivity index (χ0n) is 22.7. The molecule has 3 aromatic rings. The van der Waals surface area contributed by atoms with E-state index in [1.54, 1.807) is 27.8 Å². The number of aryl methyl sites for hydroxylation is 1. The first-order valence-electron chi connectivity index (χ1n) is 12.5. The van der Waals surface area contributed by atoms with Crippen LogP contribution in [0.1, 0.15) is 51.8 Å². The molecule has 0 spiro atoms. The summed E-state index contributed by atoms with van der Waals surface area (Å²) in [7, 11) is 1.58. The fourth-order valence-electron chi connectivity index (χ4n) is 4.07. The molecule has 7 heteroatoms. The molecule has 196 valence electrons. The summed E-state index contributed by atoms with van der Waals surface area (Å²) >= 11 is 0. The molecule has 0 aliphatic rings. The molecular weight excluding hydrogens is 466 g/mol. The molecule has 0 fully saturated rings. The van der Waals surface area contributed by atoms with E-state index in [1.807, 2.05) is 87.5 Å². The number of nitrogens with zero attached hydrogens (tertiary/aromatic N) is 1. The predicted molar refractivity (Wildman–Crippen MR) is 147 cm³/mol. The zero-order valence-corrected chi connectivity index (χ0v) is 22.7. The molecule has 7 nitrogen and oxygen atoms in total. The number of fused-ring (bicyclic) bond motifs is 1. The zero-order chi connectivity index (χ0) is 27.3. The number of likely N-dealkylation sites (N-methyl/N-ethyl adjacent to an activating group) is 1. The number of hydrogen-bond acceptors (Lipinski definition) is 4. The van der Waals surface area contributed by atoms with Gasteiger partial charge in [-0.1, -0.05) is 74.0 Å². The topological polar surface area (TPSA) is 87.7 Å². The van der Waals surface area contributed by atoms with Gasteiger partial charge in [0.2, 0.25) is 5.91 Å². The standard InChI is InChI=1S/C30H37N3O4/c1-19(2)25(32-29(36)37-30(4,5)6)28(35)33(7)26(22-14-12-20(3)13-15-22)27(34)31-24-17-16-21-10-8-9-11-23(21)18-24/h8-19,25-26H,1-7H3,(H,31,34)(H,32,36). The molecule has 3 rings (SSSR count). The Kier molecular flexibility index (Phi) is 8.58. The first kappa shape index (κ1) is 27.7. The van der Waals surface area contributed by atoms with Crippen LogP contribution in [0.2, 0.25) is 0 Å². The van der Waals surface area contributed by atoms with Crippen LogP contribution in [0.25, 0.3) is 10.8 Å². The molecule has 0 radical (unpaired) electrons.